The number of fused-ring (bicyclic) bond motifs is 1. The third kappa shape index (κ3) is 1.79. The Labute approximate surface area is 87.2 Å². The third-order valence-corrected chi connectivity index (χ3v) is 2.20. The monoisotopic (exact) mass is 204 g/mol. The van der Waals surface area contributed by atoms with Gasteiger partial charge < -0.3 is 15.0 Å². The van der Waals surface area contributed by atoms with Crippen LogP contribution in [0.5, 0.6) is 5.75 Å². The van der Waals surface area contributed by atoms with E-state index in [9.17, 15) is 4.79 Å². The lowest BCUT2D eigenvalue weighted by atomic mass is 10.2. The van der Waals surface area contributed by atoms with Crippen molar-refractivity contribution in [3.63, 3.8) is 0 Å². The number of amides is 1. The Balaban J connectivity index is 2.51. The van der Waals surface area contributed by atoms with Crippen LogP contribution in [0.25, 0.3) is 10.9 Å². The van der Waals surface area contributed by atoms with Gasteiger partial charge in [-0.05, 0) is 18.2 Å². The van der Waals surface area contributed by atoms with Crippen LogP contribution in [0.15, 0.2) is 24.4 Å². The summed E-state index contributed by atoms with van der Waals surface area (Å²) in [6.07, 6.45) is 1.77. The quantitative estimate of drug-likeness (QED) is 0.787. The molecule has 2 aromatic rings. The fraction of sp³-hybridized carbons (Fsp3) is 0.182. The van der Waals surface area contributed by atoms with Gasteiger partial charge in [0.25, 0.3) is 0 Å². The molecule has 1 aromatic carbocycles. The first-order chi connectivity index (χ1) is 7.20. The fourth-order valence-electron chi connectivity index (χ4n) is 1.52. The zero-order valence-corrected chi connectivity index (χ0v) is 8.63. The number of hydrogen-bond acceptors (Lipinski definition) is 2. The first-order valence-corrected chi connectivity index (χ1v) is 4.63. The van der Waals surface area contributed by atoms with Gasteiger partial charge in [-0.2, -0.15) is 0 Å². The van der Waals surface area contributed by atoms with E-state index in [1.165, 1.54) is 6.92 Å². The zero-order valence-electron chi connectivity index (χ0n) is 8.63. The largest absolute Gasteiger partial charge is 0.497 e. The molecule has 2 N–H and O–H groups in total. The van der Waals surface area contributed by atoms with Crippen LogP contribution in [0.3, 0.4) is 0 Å². The Morgan fingerprint density at radius 3 is 2.93 bits per heavy atom. The van der Waals surface area contributed by atoms with E-state index in [1.807, 2.05) is 18.2 Å². The number of carbonyl (C=O) groups is 1. The van der Waals surface area contributed by atoms with Crippen molar-refractivity contribution in [2.45, 2.75) is 6.92 Å². The zero-order chi connectivity index (χ0) is 10.8. The minimum atomic E-state index is -0.0845. The van der Waals surface area contributed by atoms with E-state index in [1.54, 1.807) is 13.3 Å². The molecule has 0 saturated heterocycles. The standard InChI is InChI=1S/C11H12N2O2/c1-7(14)13-11-6-12-10-4-3-8(15-2)5-9(10)11/h3-6,12H,1-2H3,(H,13,14). The predicted octanol–water partition coefficient (Wildman–Crippen LogP) is 2.13. The molecule has 0 atom stereocenters. The molecular formula is C11H12N2O2. The molecular weight excluding hydrogens is 192 g/mol. The van der Waals surface area contributed by atoms with Crippen molar-refractivity contribution in [1.29, 1.82) is 0 Å². The number of H-pyrrole nitrogens is 1. The molecule has 0 aliphatic heterocycles. The topological polar surface area (TPSA) is 54.1 Å². The first kappa shape index (κ1) is 9.58. The Hall–Kier alpha value is -1.97. The smallest absolute Gasteiger partial charge is 0.221 e. The molecule has 0 saturated carbocycles. The minimum Gasteiger partial charge on any atom is -0.497 e. The molecule has 15 heavy (non-hydrogen) atoms. The first-order valence-electron chi connectivity index (χ1n) is 4.63. The van der Waals surface area contributed by atoms with Gasteiger partial charge in [-0.1, -0.05) is 0 Å². The van der Waals surface area contributed by atoms with Crippen molar-refractivity contribution in [3.8, 4) is 5.75 Å². The Bertz CT molecular complexity index is 502. The Morgan fingerprint density at radius 2 is 2.27 bits per heavy atom. The average molecular weight is 204 g/mol. The number of anilines is 1. The van der Waals surface area contributed by atoms with Gasteiger partial charge in [0.2, 0.25) is 5.91 Å². The summed E-state index contributed by atoms with van der Waals surface area (Å²) in [5, 5.41) is 3.70. The summed E-state index contributed by atoms with van der Waals surface area (Å²) in [6.45, 7) is 1.49. The van der Waals surface area contributed by atoms with E-state index in [0.717, 1.165) is 22.3 Å². The lowest BCUT2D eigenvalue weighted by Crippen LogP contribution is -2.04. The summed E-state index contributed by atoms with van der Waals surface area (Å²) < 4.78 is 5.13. The van der Waals surface area contributed by atoms with Gasteiger partial charge in [-0.15, -0.1) is 0 Å². The molecule has 0 spiro atoms. The number of aromatic amines is 1. The highest BCUT2D eigenvalue weighted by molar-refractivity contribution is 6.01. The molecule has 1 aromatic heterocycles. The molecule has 0 bridgehead atoms. The van der Waals surface area contributed by atoms with Gasteiger partial charge in [0.05, 0.1) is 12.8 Å². The second-order valence-corrected chi connectivity index (χ2v) is 3.30. The van der Waals surface area contributed by atoms with E-state index in [4.69, 9.17) is 4.74 Å². The lowest BCUT2D eigenvalue weighted by Gasteiger charge is -2.01. The van der Waals surface area contributed by atoms with E-state index >= 15 is 0 Å². The number of hydrogen-bond donors (Lipinski definition) is 2. The van der Waals surface area contributed by atoms with E-state index in [0.29, 0.717) is 0 Å². The average Bonchev–Trinajstić information content (AvgIpc) is 2.60. The van der Waals surface area contributed by atoms with Crippen LogP contribution in [0.2, 0.25) is 0 Å². The van der Waals surface area contributed by atoms with E-state index in [-0.39, 0.29) is 5.91 Å². The van der Waals surface area contributed by atoms with Crippen molar-refractivity contribution in [2.75, 3.05) is 12.4 Å². The molecule has 0 aliphatic rings. The summed E-state index contributed by atoms with van der Waals surface area (Å²) in [4.78, 5) is 14.0. The SMILES string of the molecule is COc1ccc2[nH]cc(NC(C)=O)c2c1. The number of nitrogens with one attached hydrogen (secondary N) is 2. The van der Waals surface area contributed by atoms with Crippen LogP contribution in [0.1, 0.15) is 6.92 Å². The Morgan fingerprint density at radius 1 is 1.47 bits per heavy atom. The second kappa shape index (κ2) is 3.65. The van der Waals surface area contributed by atoms with Crippen LogP contribution in [0, 0.1) is 0 Å². The summed E-state index contributed by atoms with van der Waals surface area (Å²) in [5.74, 6) is 0.687. The fourth-order valence-corrected chi connectivity index (χ4v) is 1.52. The highest BCUT2D eigenvalue weighted by Gasteiger charge is 2.05. The van der Waals surface area contributed by atoms with Crippen LogP contribution < -0.4 is 10.1 Å². The third-order valence-electron chi connectivity index (χ3n) is 2.20. The van der Waals surface area contributed by atoms with Gasteiger partial charge in [0.1, 0.15) is 5.75 Å². The number of aromatic nitrogens is 1. The Kier molecular flexibility index (Phi) is 2.33. The van der Waals surface area contributed by atoms with E-state index in [2.05, 4.69) is 10.3 Å². The van der Waals surface area contributed by atoms with Gasteiger partial charge in [-0.25, -0.2) is 0 Å². The minimum absolute atomic E-state index is 0.0845. The molecule has 4 heteroatoms. The molecule has 0 unspecified atom stereocenters. The summed E-state index contributed by atoms with van der Waals surface area (Å²) >= 11 is 0. The van der Waals surface area contributed by atoms with Crippen molar-refractivity contribution in [3.05, 3.63) is 24.4 Å². The number of benzene rings is 1. The lowest BCUT2D eigenvalue weighted by molar-refractivity contribution is -0.114. The highest BCUT2D eigenvalue weighted by atomic mass is 16.5. The summed E-state index contributed by atoms with van der Waals surface area (Å²) in [7, 11) is 1.62. The van der Waals surface area contributed by atoms with Crippen molar-refractivity contribution >= 4 is 22.5 Å². The summed E-state index contributed by atoms with van der Waals surface area (Å²) in [5.41, 5.74) is 1.75. The maximum Gasteiger partial charge on any atom is 0.221 e. The maximum absolute atomic E-state index is 11.0. The van der Waals surface area contributed by atoms with Crippen molar-refractivity contribution in [1.82, 2.24) is 4.98 Å². The normalized spacial score (nSPS) is 10.3. The second-order valence-electron chi connectivity index (χ2n) is 3.30. The molecule has 78 valence electrons. The number of rotatable bonds is 2. The maximum atomic E-state index is 11.0. The van der Waals surface area contributed by atoms with Gasteiger partial charge in [0, 0.05) is 24.0 Å². The molecule has 2 rings (SSSR count). The van der Waals surface area contributed by atoms with Gasteiger partial charge in [-0.3, -0.25) is 4.79 Å². The predicted molar refractivity (Wildman–Crippen MR) is 59.2 cm³/mol. The van der Waals surface area contributed by atoms with Crippen molar-refractivity contribution in [2.24, 2.45) is 0 Å². The summed E-state index contributed by atoms with van der Waals surface area (Å²) in [6, 6.07) is 5.67. The van der Waals surface area contributed by atoms with Gasteiger partial charge >= 0.3 is 0 Å². The molecule has 0 radical (unpaired) electrons. The number of ether oxygens (including phenoxy) is 1. The molecule has 1 amide bonds. The molecule has 1 heterocycles. The van der Waals surface area contributed by atoms with Crippen LogP contribution in [-0.4, -0.2) is 18.0 Å². The van der Waals surface area contributed by atoms with E-state index < -0.39 is 0 Å². The molecule has 0 aliphatic carbocycles. The van der Waals surface area contributed by atoms with Crippen LogP contribution >= 0.6 is 0 Å². The van der Waals surface area contributed by atoms with Crippen LogP contribution in [-0.2, 0) is 4.79 Å². The number of carbonyl (C=O) groups excluding carboxylic acids is 1. The molecule has 0 fully saturated rings. The highest BCUT2D eigenvalue weighted by Crippen LogP contribution is 2.26. The van der Waals surface area contributed by atoms with Crippen molar-refractivity contribution < 1.29 is 9.53 Å². The molecule has 4 nitrogen and oxygen atoms in total. The van der Waals surface area contributed by atoms with Crippen LogP contribution in [0.4, 0.5) is 5.69 Å². The number of methoxy groups -OCH3 is 1. The van der Waals surface area contributed by atoms with Gasteiger partial charge in [0.15, 0.2) is 0 Å².